The first-order chi connectivity index (χ1) is 8.56. The van der Waals surface area contributed by atoms with Gasteiger partial charge in [-0.3, -0.25) is 4.98 Å². The van der Waals surface area contributed by atoms with Gasteiger partial charge in [-0.25, -0.2) is 4.79 Å². The van der Waals surface area contributed by atoms with Crippen LogP contribution in [0.4, 0.5) is 0 Å². The van der Waals surface area contributed by atoms with Gasteiger partial charge in [0.05, 0.1) is 6.20 Å². The second-order valence-corrected chi connectivity index (χ2v) is 3.90. The molecular formula is C13H13NO4. The summed E-state index contributed by atoms with van der Waals surface area (Å²) in [5, 5.41) is 8.76. The summed E-state index contributed by atoms with van der Waals surface area (Å²) in [4.78, 5) is 14.8. The second-order valence-electron chi connectivity index (χ2n) is 3.90. The molecule has 0 amide bonds. The van der Waals surface area contributed by atoms with Gasteiger partial charge in [0.25, 0.3) is 0 Å². The van der Waals surface area contributed by atoms with Gasteiger partial charge in [-0.05, 0) is 38.1 Å². The highest BCUT2D eigenvalue weighted by Gasteiger charge is 2.15. The smallest absolute Gasteiger partial charge is 0.371 e. The molecule has 18 heavy (non-hydrogen) atoms. The summed E-state index contributed by atoms with van der Waals surface area (Å²) in [7, 11) is 0. The summed E-state index contributed by atoms with van der Waals surface area (Å²) in [6.07, 6.45) is 1.25. The maximum Gasteiger partial charge on any atom is 0.371 e. The average molecular weight is 247 g/mol. The first-order valence-corrected chi connectivity index (χ1v) is 5.48. The number of hydrogen-bond acceptors (Lipinski definition) is 4. The molecule has 0 aliphatic heterocycles. The lowest BCUT2D eigenvalue weighted by Gasteiger charge is -2.11. The van der Waals surface area contributed by atoms with Crippen LogP contribution in [-0.2, 0) is 0 Å². The third-order valence-corrected chi connectivity index (χ3v) is 2.44. The van der Waals surface area contributed by atoms with Crippen LogP contribution in [0.2, 0.25) is 0 Å². The maximum atomic E-state index is 10.7. The van der Waals surface area contributed by atoms with E-state index in [0.29, 0.717) is 11.5 Å². The highest BCUT2D eigenvalue weighted by atomic mass is 16.5. The van der Waals surface area contributed by atoms with Gasteiger partial charge >= 0.3 is 5.97 Å². The fraction of sp³-hybridized carbons (Fsp3) is 0.231. The molecule has 5 heteroatoms. The number of furan rings is 1. The van der Waals surface area contributed by atoms with E-state index in [-0.39, 0.29) is 11.9 Å². The van der Waals surface area contributed by atoms with Crippen molar-refractivity contribution in [3.05, 3.63) is 47.7 Å². The van der Waals surface area contributed by atoms with Crippen LogP contribution in [0, 0.1) is 6.92 Å². The number of carboxylic acid groups (broad SMARTS) is 1. The molecule has 0 saturated heterocycles. The van der Waals surface area contributed by atoms with Crippen LogP contribution in [0.25, 0.3) is 0 Å². The van der Waals surface area contributed by atoms with Crippen LogP contribution in [0.5, 0.6) is 5.75 Å². The Morgan fingerprint density at radius 1 is 1.39 bits per heavy atom. The summed E-state index contributed by atoms with van der Waals surface area (Å²) >= 11 is 0. The van der Waals surface area contributed by atoms with Crippen molar-refractivity contribution in [2.24, 2.45) is 0 Å². The number of nitrogens with zero attached hydrogens (tertiary/aromatic N) is 1. The Bertz CT molecular complexity index is 544. The molecular weight excluding hydrogens is 234 g/mol. The van der Waals surface area contributed by atoms with Gasteiger partial charge in [0, 0.05) is 5.69 Å². The van der Waals surface area contributed by atoms with E-state index in [1.54, 1.807) is 25.3 Å². The van der Waals surface area contributed by atoms with Crippen LogP contribution in [0.3, 0.4) is 0 Å². The second kappa shape index (κ2) is 4.91. The first-order valence-electron chi connectivity index (χ1n) is 5.48. The van der Waals surface area contributed by atoms with Crippen molar-refractivity contribution in [2.75, 3.05) is 0 Å². The van der Waals surface area contributed by atoms with Crippen LogP contribution in [0.15, 0.2) is 34.9 Å². The van der Waals surface area contributed by atoms with Gasteiger partial charge in [-0.15, -0.1) is 0 Å². The molecule has 0 aromatic carbocycles. The number of carbonyl (C=O) groups is 1. The molecule has 0 bridgehead atoms. The van der Waals surface area contributed by atoms with Gasteiger partial charge in [0.15, 0.2) is 6.10 Å². The van der Waals surface area contributed by atoms with Gasteiger partial charge in [-0.1, -0.05) is 0 Å². The Morgan fingerprint density at radius 3 is 2.72 bits per heavy atom. The van der Waals surface area contributed by atoms with E-state index in [1.165, 1.54) is 6.07 Å². The molecule has 2 heterocycles. The van der Waals surface area contributed by atoms with Crippen molar-refractivity contribution in [3.8, 4) is 5.75 Å². The number of aromatic carboxylic acids is 1. The summed E-state index contributed by atoms with van der Waals surface area (Å²) in [6, 6.07) is 6.65. The molecule has 0 saturated carbocycles. The fourth-order valence-corrected chi connectivity index (χ4v) is 1.47. The predicted octanol–water partition coefficient (Wildman–Crippen LogP) is 2.82. The topological polar surface area (TPSA) is 72.6 Å². The lowest BCUT2D eigenvalue weighted by molar-refractivity contribution is 0.0655. The van der Waals surface area contributed by atoms with Crippen molar-refractivity contribution < 1.29 is 19.1 Å². The Balaban J connectivity index is 2.09. The molecule has 1 N–H and O–H groups in total. The van der Waals surface area contributed by atoms with Gasteiger partial charge in [0.1, 0.15) is 11.5 Å². The Labute approximate surface area is 104 Å². The van der Waals surface area contributed by atoms with E-state index in [2.05, 4.69) is 4.98 Å². The Kier molecular flexibility index (Phi) is 3.32. The zero-order valence-electron chi connectivity index (χ0n) is 10.1. The number of rotatable bonds is 4. The highest BCUT2D eigenvalue weighted by Crippen LogP contribution is 2.22. The fourth-order valence-electron chi connectivity index (χ4n) is 1.47. The van der Waals surface area contributed by atoms with Gasteiger partial charge < -0.3 is 14.3 Å². The van der Waals surface area contributed by atoms with E-state index in [4.69, 9.17) is 14.3 Å². The van der Waals surface area contributed by atoms with E-state index in [1.807, 2.05) is 13.0 Å². The standard InChI is InChI=1S/C13H13NO4/c1-8-3-4-10(7-14-8)17-9(2)11-5-6-12(18-11)13(15)16/h3-7,9H,1-2H3,(H,15,16). The number of hydrogen-bond donors (Lipinski definition) is 1. The third kappa shape index (κ3) is 2.68. The number of aromatic nitrogens is 1. The number of pyridine rings is 1. The molecule has 2 aromatic rings. The lowest BCUT2D eigenvalue weighted by atomic mass is 10.3. The minimum atomic E-state index is -1.09. The average Bonchev–Trinajstić information content (AvgIpc) is 2.81. The summed E-state index contributed by atoms with van der Waals surface area (Å²) < 4.78 is 10.8. The van der Waals surface area contributed by atoms with Crippen molar-refractivity contribution in [1.29, 1.82) is 0 Å². The minimum absolute atomic E-state index is 0.0949. The van der Waals surface area contributed by atoms with Crippen molar-refractivity contribution in [3.63, 3.8) is 0 Å². The molecule has 0 radical (unpaired) electrons. The number of ether oxygens (including phenoxy) is 1. The zero-order valence-corrected chi connectivity index (χ0v) is 10.1. The first kappa shape index (κ1) is 12.2. The molecule has 94 valence electrons. The van der Waals surface area contributed by atoms with E-state index in [0.717, 1.165) is 5.69 Å². The van der Waals surface area contributed by atoms with E-state index in [9.17, 15) is 4.79 Å². The van der Waals surface area contributed by atoms with Crippen molar-refractivity contribution in [1.82, 2.24) is 4.98 Å². The molecule has 1 unspecified atom stereocenters. The van der Waals surface area contributed by atoms with Crippen LogP contribution in [0.1, 0.15) is 35.0 Å². The summed E-state index contributed by atoms with van der Waals surface area (Å²) in [5.74, 6) is -0.109. The zero-order chi connectivity index (χ0) is 13.1. The quantitative estimate of drug-likeness (QED) is 0.899. The lowest BCUT2D eigenvalue weighted by Crippen LogP contribution is -2.02. The van der Waals surface area contributed by atoms with Crippen molar-refractivity contribution >= 4 is 5.97 Å². The number of aryl methyl sites for hydroxylation is 1. The van der Waals surface area contributed by atoms with Crippen LogP contribution >= 0.6 is 0 Å². The molecule has 0 aliphatic rings. The molecule has 0 spiro atoms. The van der Waals surface area contributed by atoms with E-state index < -0.39 is 5.97 Å². The molecule has 2 rings (SSSR count). The molecule has 5 nitrogen and oxygen atoms in total. The number of carboxylic acids is 1. The normalized spacial score (nSPS) is 12.1. The SMILES string of the molecule is Cc1ccc(OC(C)c2ccc(C(=O)O)o2)cn1. The van der Waals surface area contributed by atoms with Crippen molar-refractivity contribution in [2.45, 2.75) is 20.0 Å². The summed E-state index contributed by atoms with van der Waals surface area (Å²) in [5.41, 5.74) is 0.904. The Morgan fingerprint density at radius 2 is 2.17 bits per heavy atom. The minimum Gasteiger partial charge on any atom is -0.481 e. The van der Waals surface area contributed by atoms with Gasteiger partial charge in [-0.2, -0.15) is 0 Å². The highest BCUT2D eigenvalue weighted by molar-refractivity contribution is 5.84. The molecule has 0 fully saturated rings. The van der Waals surface area contributed by atoms with Crippen LogP contribution < -0.4 is 4.74 Å². The van der Waals surface area contributed by atoms with Gasteiger partial charge in [0.2, 0.25) is 5.76 Å². The monoisotopic (exact) mass is 247 g/mol. The molecule has 0 aliphatic carbocycles. The van der Waals surface area contributed by atoms with E-state index >= 15 is 0 Å². The maximum absolute atomic E-state index is 10.7. The predicted molar refractivity (Wildman–Crippen MR) is 63.7 cm³/mol. The molecule has 2 aromatic heterocycles. The van der Waals surface area contributed by atoms with Crippen LogP contribution in [-0.4, -0.2) is 16.1 Å². The third-order valence-electron chi connectivity index (χ3n) is 2.44. The molecule has 1 atom stereocenters. The largest absolute Gasteiger partial charge is 0.481 e. The summed E-state index contributed by atoms with van der Waals surface area (Å²) in [6.45, 7) is 3.67. The Hall–Kier alpha value is -2.30.